The molecule has 0 bridgehead atoms. The monoisotopic (exact) mass is 440 g/mol. The van der Waals surface area contributed by atoms with E-state index in [1.54, 1.807) is 18.2 Å². The molecule has 0 spiro atoms. The number of hydrogen-bond acceptors (Lipinski definition) is 4. The maximum absolute atomic E-state index is 13.7. The van der Waals surface area contributed by atoms with E-state index < -0.39 is 0 Å². The molecule has 3 aromatic rings. The van der Waals surface area contributed by atoms with Crippen LogP contribution in [0.3, 0.4) is 0 Å². The van der Waals surface area contributed by atoms with Gasteiger partial charge in [0, 0.05) is 11.8 Å². The standard InChI is InChI=1S/C28H28N2O3/c1-5-15-33-23-8-6-7-22(17-23)30-27(31)25(24-14-11-19(3)16-20(24)4)26(28(30)32)29-21-12-9-18(2)10-13-21/h6-14,16-17,29H,5,15H2,1-4H3. The van der Waals surface area contributed by atoms with Gasteiger partial charge in [-0.1, -0.05) is 54.4 Å². The average Bonchev–Trinajstić information content (AvgIpc) is 3.03. The minimum Gasteiger partial charge on any atom is -0.494 e. The second-order valence-corrected chi connectivity index (χ2v) is 8.35. The number of ether oxygens (including phenoxy) is 1. The lowest BCUT2D eigenvalue weighted by atomic mass is 9.97. The van der Waals surface area contributed by atoms with Crippen molar-refractivity contribution in [1.29, 1.82) is 0 Å². The van der Waals surface area contributed by atoms with Crippen molar-refractivity contribution in [3.05, 3.63) is 94.7 Å². The normalized spacial score (nSPS) is 13.6. The Morgan fingerprint density at radius 3 is 2.27 bits per heavy atom. The fourth-order valence-corrected chi connectivity index (χ4v) is 3.94. The summed E-state index contributed by atoms with van der Waals surface area (Å²) in [6.45, 7) is 8.56. The average molecular weight is 441 g/mol. The van der Waals surface area contributed by atoms with Crippen LogP contribution in [0.15, 0.2) is 72.4 Å². The van der Waals surface area contributed by atoms with E-state index in [1.807, 2.05) is 76.2 Å². The van der Waals surface area contributed by atoms with E-state index in [-0.39, 0.29) is 17.5 Å². The van der Waals surface area contributed by atoms with Crippen molar-refractivity contribution < 1.29 is 14.3 Å². The third-order valence-electron chi connectivity index (χ3n) is 5.60. The third-order valence-corrected chi connectivity index (χ3v) is 5.60. The van der Waals surface area contributed by atoms with E-state index in [9.17, 15) is 9.59 Å². The van der Waals surface area contributed by atoms with E-state index in [0.717, 1.165) is 34.4 Å². The molecule has 0 saturated carbocycles. The van der Waals surface area contributed by atoms with Crippen LogP contribution in [0.1, 0.15) is 35.6 Å². The van der Waals surface area contributed by atoms with Gasteiger partial charge in [-0.25, -0.2) is 4.90 Å². The first-order chi connectivity index (χ1) is 15.9. The Morgan fingerprint density at radius 1 is 0.848 bits per heavy atom. The molecule has 0 aromatic heterocycles. The van der Waals surface area contributed by atoms with Crippen LogP contribution in [-0.2, 0) is 9.59 Å². The smallest absolute Gasteiger partial charge is 0.282 e. The van der Waals surface area contributed by atoms with Gasteiger partial charge in [0.25, 0.3) is 11.8 Å². The number of hydrogen-bond donors (Lipinski definition) is 1. The lowest BCUT2D eigenvalue weighted by molar-refractivity contribution is -0.120. The minimum absolute atomic E-state index is 0.274. The summed E-state index contributed by atoms with van der Waals surface area (Å²) in [6, 6.07) is 20.7. The van der Waals surface area contributed by atoms with Crippen LogP contribution in [0.25, 0.3) is 5.57 Å². The Labute approximate surface area is 194 Å². The van der Waals surface area contributed by atoms with Gasteiger partial charge in [-0.15, -0.1) is 0 Å². The molecule has 0 atom stereocenters. The number of aryl methyl sites for hydroxylation is 3. The highest BCUT2D eigenvalue weighted by Gasteiger charge is 2.40. The van der Waals surface area contributed by atoms with Gasteiger partial charge < -0.3 is 10.1 Å². The number of amides is 2. The molecule has 3 aromatic carbocycles. The Kier molecular flexibility index (Phi) is 6.31. The molecule has 0 aliphatic carbocycles. The largest absolute Gasteiger partial charge is 0.494 e. The second kappa shape index (κ2) is 9.33. The van der Waals surface area contributed by atoms with Crippen molar-refractivity contribution in [3.63, 3.8) is 0 Å². The molecule has 2 amide bonds. The van der Waals surface area contributed by atoms with E-state index >= 15 is 0 Å². The predicted molar refractivity (Wildman–Crippen MR) is 132 cm³/mol. The number of nitrogens with zero attached hydrogens (tertiary/aromatic N) is 1. The van der Waals surface area contributed by atoms with Gasteiger partial charge in [0.15, 0.2) is 0 Å². The molecule has 0 fully saturated rings. The van der Waals surface area contributed by atoms with Gasteiger partial charge in [-0.2, -0.15) is 0 Å². The molecule has 0 radical (unpaired) electrons. The first-order valence-electron chi connectivity index (χ1n) is 11.2. The SMILES string of the molecule is CCCOc1cccc(N2C(=O)C(Nc3ccc(C)cc3)=C(c3ccc(C)cc3C)C2=O)c1. The van der Waals surface area contributed by atoms with Gasteiger partial charge in [-0.05, 0) is 62.6 Å². The molecule has 0 unspecified atom stereocenters. The van der Waals surface area contributed by atoms with Gasteiger partial charge in [0.2, 0.25) is 0 Å². The topological polar surface area (TPSA) is 58.6 Å². The molecular formula is C28H28N2O3. The van der Waals surface area contributed by atoms with Crippen LogP contribution < -0.4 is 15.0 Å². The van der Waals surface area contributed by atoms with Crippen molar-refractivity contribution in [2.24, 2.45) is 0 Å². The quantitative estimate of drug-likeness (QED) is 0.472. The fourth-order valence-electron chi connectivity index (χ4n) is 3.94. The number of carbonyl (C=O) groups is 2. The van der Waals surface area contributed by atoms with Crippen LogP contribution in [-0.4, -0.2) is 18.4 Å². The Morgan fingerprint density at radius 2 is 1.58 bits per heavy atom. The summed E-state index contributed by atoms with van der Waals surface area (Å²) in [5, 5.41) is 3.22. The Bertz CT molecular complexity index is 1240. The van der Waals surface area contributed by atoms with Crippen molar-refractivity contribution >= 4 is 28.8 Å². The fraction of sp³-hybridized carbons (Fsp3) is 0.214. The summed E-state index contributed by atoms with van der Waals surface area (Å²) in [5.74, 6) is -0.111. The van der Waals surface area contributed by atoms with Crippen LogP contribution in [0.4, 0.5) is 11.4 Å². The summed E-state index contributed by atoms with van der Waals surface area (Å²) in [5.41, 5.74) is 5.78. The summed E-state index contributed by atoms with van der Waals surface area (Å²) < 4.78 is 5.72. The van der Waals surface area contributed by atoms with Gasteiger partial charge in [0.05, 0.1) is 17.9 Å². The van der Waals surface area contributed by atoms with E-state index in [2.05, 4.69) is 5.32 Å². The summed E-state index contributed by atoms with van der Waals surface area (Å²) >= 11 is 0. The highest BCUT2D eigenvalue weighted by atomic mass is 16.5. The minimum atomic E-state index is -0.386. The van der Waals surface area contributed by atoms with E-state index in [4.69, 9.17) is 4.74 Å². The molecule has 5 nitrogen and oxygen atoms in total. The van der Waals surface area contributed by atoms with Crippen molar-refractivity contribution in [2.45, 2.75) is 34.1 Å². The summed E-state index contributed by atoms with van der Waals surface area (Å²) in [7, 11) is 0. The maximum Gasteiger partial charge on any atom is 0.282 e. The summed E-state index contributed by atoms with van der Waals surface area (Å²) in [4.78, 5) is 28.5. The highest BCUT2D eigenvalue weighted by Crippen LogP contribution is 2.36. The van der Waals surface area contributed by atoms with E-state index in [0.29, 0.717) is 23.6 Å². The van der Waals surface area contributed by atoms with Crippen LogP contribution in [0, 0.1) is 20.8 Å². The first-order valence-corrected chi connectivity index (χ1v) is 11.2. The van der Waals surface area contributed by atoms with Gasteiger partial charge in [-0.3, -0.25) is 9.59 Å². The maximum atomic E-state index is 13.7. The van der Waals surface area contributed by atoms with E-state index in [1.165, 1.54) is 4.90 Å². The zero-order chi connectivity index (χ0) is 23.5. The molecule has 168 valence electrons. The van der Waals surface area contributed by atoms with Crippen LogP contribution >= 0.6 is 0 Å². The molecule has 1 aliphatic rings. The predicted octanol–water partition coefficient (Wildman–Crippen LogP) is 5.80. The van der Waals surface area contributed by atoms with Gasteiger partial charge in [0.1, 0.15) is 11.4 Å². The molecule has 1 aliphatic heterocycles. The second-order valence-electron chi connectivity index (χ2n) is 8.35. The third kappa shape index (κ3) is 4.53. The number of carbonyl (C=O) groups excluding carboxylic acids is 2. The number of rotatable bonds is 7. The molecule has 0 saturated heterocycles. The highest BCUT2D eigenvalue weighted by molar-refractivity contribution is 6.46. The first kappa shape index (κ1) is 22.3. The van der Waals surface area contributed by atoms with Crippen molar-refractivity contribution in [2.75, 3.05) is 16.8 Å². The number of imide groups is 1. The zero-order valence-electron chi connectivity index (χ0n) is 19.4. The summed E-state index contributed by atoms with van der Waals surface area (Å²) in [6.07, 6.45) is 0.870. The lowest BCUT2D eigenvalue weighted by Crippen LogP contribution is -2.32. The molecule has 33 heavy (non-hydrogen) atoms. The van der Waals surface area contributed by atoms with Crippen LogP contribution in [0.2, 0.25) is 0 Å². The molecule has 1 N–H and O–H groups in total. The number of nitrogens with one attached hydrogen (secondary N) is 1. The van der Waals surface area contributed by atoms with Crippen LogP contribution in [0.5, 0.6) is 5.75 Å². The van der Waals surface area contributed by atoms with Crippen molar-refractivity contribution in [3.8, 4) is 5.75 Å². The number of anilines is 2. The lowest BCUT2D eigenvalue weighted by Gasteiger charge is -2.17. The molecule has 4 rings (SSSR count). The zero-order valence-corrected chi connectivity index (χ0v) is 19.4. The molecular weight excluding hydrogens is 412 g/mol. The molecule has 1 heterocycles. The van der Waals surface area contributed by atoms with Gasteiger partial charge >= 0.3 is 0 Å². The number of benzene rings is 3. The molecule has 5 heteroatoms. The Balaban J connectivity index is 1.79. The van der Waals surface area contributed by atoms with Crippen molar-refractivity contribution in [1.82, 2.24) is 0 Å². The Hall–Kier alpha value is -3.86.